The van der Waals surface area contributed by atoms with Crippen LogP contribution in [0.15, 0.2) is 12.1 Å². The molecule has 0 aromatic heterocycles. The summed E-state index contributed by atoms with van der Waals surface area (Å²) < 4.78 is 0. The smallest absolute Gasteiger partial charge is 0.166 e. The summed E-state index contributed by atoms with van der Waals surface area (Å²) in [5.74, 6) is 0.283. The zero-order valence-corrected chi connectivity index (χ0v) is 9.61. The Kier molecular flexibility index (Phi) is 2.89. The highest BCUT2D eigenvalue weighted by Gasteiger charge is 2.26. The minimum Gasteiger partial charge on any atom is -0.396 e. The van der Waals surface area contributed by atoms with Gasteiger partial charge in [-0.25, -0.2) is 0 Å². The Balaban J connectivity index is 2.32. The molecule has 1 fully saturated rings. The first-order valence-electron chi connectivity index (χ1n) is 4.88. The third-order valence-electron chi connectivity index (χ3n) is 2.84. The molecule has 4 heteroatoms. The quantitative estimate of drug-likeness (QED) is 0.638. The maximum absolute atomic E-state index is 11.9. The summed E-state index contributed by atoms with van der Waals surface area (Å²) in [7, 11) is 0. The minimum atomic E-state index is 0.130. The van der Waals surface area contributed by atoms with Crippen LogP contribution in [0.2, 0.25) is 10.0 Å². The van der Waals surface area contributed by atoms with Crippen molar-refractivity contribution in [2.75, 3.05) is 5.73 Å². The Bertz CT molecular complexity index is 390. The van der Waals surface area contributed by atoms with E-state index in [1.807, 2.05) is 0 Å². The Morgan fingerprint density at radius 1 is 1.27 bits per heavy atom. The standard InChI is InChI=1S/C11H11Cl2NO/c12-8-4-7(5-9(13)10(8)14)11(15)6-2-1-3-6/h4-6H,1-3,14H2. The molecular weight excluding hydrogens is 233 g/mol. The van der Waals surface area contributed by atoms with Gasteiger partial charge in [0.2, 0.25) is 0 Å². The van der Waals surface area contributed by atoms with Gasteiger partial charge in [-0.1, -0.05) is 29.6 Å². The normalized spacial score (nSPS) is 16.1. The summed E-state index contributed by atoms with van der Waals surface area (Å²) in [5, 5.41) is 0.704. The van der Waals surface area contributed by atoms with Crippen molar-refractivity contribution in [3.63, 3.8) is 0 Å². The van der Waals surface area contributed by atoms with Gasteiger partial charge in [0.05, 0.1) is 15.7 Å². The molecule has 0 saturated heterocycles. The van der Waals surface area contributed by atoms with Gasteiger partial charge in [-0.2, -0.15) is 0 Å². The lowest BCUT2D eigenvalue weighted by molar-refractivity contribution is 0.0855. The molecule has 0 atom stereocenters. The lowest BCUT2D eigenvalue weighted by Gasteiger charge is -2.24. The highest BCUT2D eigenvalue weighted by atomic mass is 35.5. The Labute approximate surface area is 98.4 Å². The summed E-state index contributed by atoms with van der Waals surface area (Å²) in [5.41, 5.74) is 6.51. The molecule has 2 N–H and O–H groups in total. The molecule has 80 valence electrons. The van der Waals surface area contributed by atoms with Crippen LogP contribution in [-0.4, -0.2) is 5.78 Å². The van der Waals surface area contributed by atoms with Gasteiger partial charge in [0.25, 0.3) is 0 Å². The van der Waals surface area contributed by atoms with Gasteiger partial charge < -0.3 is 5.73 Å². The molecule has 0 heterocycles. The van der Waals surface area contributed by atoms with Crippen LogP contribution in [0.1, 0.15) is 29.6 Å². The number of halogens is 2. The van der Waals surface area contributed by atoms with Gasteiger partial charge >= 0.3 is 0 Å². The molecule has 1 aliphatic carbocycles. The van der Waals surface area contributed by atoms with E-state index < -0.39 is 0 Å². The van der Waals surface area contributed by atoms with Crippen molar-refractivity contribution in [1.29, 1.82) is 0 Å². The highest BCUT2D eigenvalue weighted by Crippen LogP contribution is 2.34. The van der Waals surface area contributed by atoms with Crippen LogP contribution >= 0.6 is 23.2 Å². The Hall–Kier alpha value is -0.730. The van der Waals surface area contributed by atoms with Crippen molar-refractivity contribution in [2.24, 2.45) is 5.92 Å². The van der Waals surface area contributed by atoms with E-state index in [0.717, 1.165) is 19.3 Å². The average Bonchev–Trinajstić information content (AvgIpc) is 2.10. The summed E-state index contributed by atoms with van der Waals surface area (Å²) in [4.78, 5) is 11.9. The zero-order chi connectivity index (χ0) is 11.0. The second-order valence-electron chi connectivity index (χ2n) is 3.85. The number of rotatable bonds is 2. The van der Waals surface area contributed by atoms with Crippen molar-refractivity contribution in [1.82, 2.24) is 0 Å². The first kappa shape index (κ1) is 10.8. The van der Waals surface area contributed by atoms with Crippen LogP contribution in [0, 0.1) is 5.92 Å². The van der Waals surface area contributed by atoms with Crippen LogP contribution in [0.5, 0.6) is 0 Å². The van der Waals surface area contributed by atoms with E-state index in [-0.39, 0.29) is 11.7 Å². The van der Waals surface area contributed by atoms with E-state index in [4.69, 9.17) is 28.9 Å². The van der Waals surface area contributed by atoms with Gasteiger partial charge in [0, 0.05) is 11.5 Å². The van der Waals surface area contributed by atoms with Gasteiger partial charge in [0.1, 0.15) is 0 Å². The van der Waals surface area contributed by atoms with E-state index in [1.54, 1.807) is 12.1 Å². The molecule has 0 spiro atoms. The predicted octanol–water partition coefficient (Wildman–Crippen LogP) is 3.56. The number of anilines is 1. The van der Waals surface area contributed by atoms with E-state index in [0.29, 0.717) is 21.3 Å². The average molecular weight is 244 g/mol. The summed E-state index contributed by atoms with van der Waals surface area (Å²) >= 11 is 11.7. The highest BCUT2D eigenvalue weighted by molar-refractivity contribution is 6.39. The van der Waals surface area contributed by atoms with Crippen LogP contribution in [-0.2, 0) is 0 Å². The fourth-order valence-electron chi connectivity index (χ4n) is 1.63. The number of carbonyl (C=O) groups is 1. The van der Waals surface area contributed by atoms with E-state index in [9.17, 15) is 4.79 Å². The summed E-state index contributed by atoms with van der Waals surface area (Å²) in [6.07, 6.45) is 3.07. The fraction of sp³-hybridized carbons (Fsp3) is 0.364. The van der Waals surface area contributed by atoms with Gasteiger partial charge in [0.15, 0.2) is 5.78 Å². The summed E-state index contributed by atoms with van der Waals surface area (Å²) in [6.45, 7) is 0. The number of Topliss-reactive ketones (excluding diaryl/α,β-unsaturated/α-hetero) is 1. The Morgan fingerprint density at radius 2 is 1.80 bits per heavy atom. The number of ketones is 1. The van der Waals surface area contributed by atoms with E-state index >= 15 is 0 Å². The van der Waals surface area contributed by atoms with Crippen LogP contribution < -0.4 is 5.73 Å². The molecule has 0 aliphatic heterocycles. The van der Waals surface area contributed by atoms with Crippen molar-refractivity contribution in [2.45, 2.75) is 19.3 Å². The third-order valence-corrected chi connectivity index (χ3v) is 3.46. The maximum atomic E-state index is 11.9. The van der Waals surface area contributed by atoms with Crippen LogP contribution in [0.4, 0.5) is 5.69 Å². The number of carbonyl (C=O) groups excluding carboxylic acids is 1. The van der Waals surface area contributed by atoms with Gasteiger partial charge in [-0.15, -0.1) is 0 Å². The molecule has 15 heavy (non-hydrogen) atoms. The first-order valence-corrected chi connectivity index (χ1v) is 5.64. The number of nitrogens with two attached hydrogens (primary N) is 1. The molecular formula is C11H11Cl2NO. The number of nitrogen functional groups attached to an aromatic ring is 1. The number of hydrogen-bond donors (Lipinski definition) is 1. The molecule has 1 aromatic rings. The summed E-state index contributed by atoms with van der Waals surface area (Å²) in [6, 6.07) is 3.20. The zero-order valence-electron chi connectivity index (χ0n) is 8.09. The molecule has 1 saturated carbocycles. The predicted molar refractivity (Wildman–Crippen MR) is 62.5 cm³/mol. The number of benzene rings is 1. The topological polar surface area (TPSA) is 43.1 Å². The Morgan fingerprint density at radius 3 is 2.20 bits per heavy atom. The molecule has 1 aromatic carbocycles. The lowest BCUT2D eigenvalue weighted by atomic mass is 9.80. The van der Waals surface area contributed by atoms with Crippen molar-refractivity contribution in [3.8, 4) is 0 Å². The second kappa shape index (κ2) is 4.03. The molecule has 0 bridgehead atoms. The van der Waals surface area contributed by atoms with Crippen molar-refractivity contribution >= 4 is 34.7 Å². The minimum absolute atomic E-state index is 0.130. The molecule has 1 aliphatic rings. The fourth-order valence-corrected chi connectivity index (χ4v) is 2.12. The van der Waals surface area contributed by atoms with E-state index in [1.165, 1.54) is 0 Å². The van der Waals surface area contributed by atoms with Gasteiger partial charge in [-0.05, 0) is 25.0 Å². The SMILES string of the molecule is Nc1c(Cl)cc(C(=O)C2CCC2)cc1Cl. The first-order chi connectivity index (χ1) is 7.09. The lowest BCUT2D eigenvalue weighted by Crippen LogP contribution is -2.22. The molecule has 0 radical (unpaired) electrons. The molecule has 2 rings (SSSR count). The monoisotopic (exact) mass is 243 g/mol. The molecule has 2 nitrogen and oxygen atoms in total. The maximum Gasteiger partial charge on any atom is 0.166 e. The largest absolute Gasteiger partial charge is 0.396 e. The second-order valence-corrected chi connectivity index (χ2v) is 4.66. The molecule has 0 unspecified atom stereocenters. The van der Waals surface area contributed by atoms with Crippen LogP contribution in [0.3, 0.4) is 0 Å². The third kappa shape index (κ3) is 1.97. The molecule has 0 amide bonds. The number of hydrogen-bond acceptors (Lipinski definition) is 2. The van der Waals surface area contributed by atoms with Crippen molar-refractivity contribution in [3.05, 3.63) is 27.7 Å². The van der Waals surface area contributed by atoms with Crippen molar-refractivity contribution < 1.29 is 4.79 Å². The van der Waals surface area contributed by atoms with Gasteiger partial charge in [-0.3, -0.25) is 4.79 Å². The van der Waals surface area contributed by atoms with Crippen LogP contribution in [0.25, 0.3) is 0 Å². The van der Waals surface area contributed by atoms with E-state index in [2.05, 4.69) is 0 Å².